The summed E-state index contributed by atoms with van der Waals surface area (Å²) in [7, 11) is 1.59. The first kappa shape index (κ1) is 17.2. The normalized spacial score (nSPS) is 18.7. The SMILES string of the molecule is COc1ccccc1C=N/N=C1\NC(=O)C(Cc2ccc(F)cc2)S1. The van der Waals surface area contributed by atoms with Gasteiger partial charge >= 0.3 is 0 Å². The molecule has 1 N–H and O–H groups in total. The molecule has 1 amide bonds. The van der Waals surface area contributed by atoms with E-state index in [1.54, 1.807) is 25.5 Å². The topological polar surface area (TPSA) is 63.1 Å². The lowest BCUT2D eigenvalue weighted by atomic mass is 10.1. The van der Waals surface area contributed by atoms with Gasteiger partial charge in [0.1, 0.15) is 11.6 Å². The van der Waals surface area contributed by atoms with Crippen molar-refractivity contribution in [1.82, 2.24) is 5.32 Å². The van der Waals surface area contributed by atoms with E-state index in [1.807, 2.05) is 24.3 Å². The number of hydrogen-bond acceptors (Lipinski definition) is 5. The minimum absolute atomic E-state index is 0.124. The highest BCUT2D eigenvalue weighted by molar-refractivity contribution is 8.15. The maximum absolute atomic E-state index is 12.9. The van der Waals surface area contributed by atoms with Gasteiger partial charge in [0.05, 0.1) is 18.6 Å². The number of carbonyl (C=O) groups excluding carboxylic acids is 1. The summed E-state index contributed by atoms with van der Waals surface area (Å²) in [6.07, 6.45) is 2.08. The second kappa shape index (κ2) is 7.94. The molecule has 0 saturated carbocycles. The Morgan fingerprint density at radius 3 is 2.76 bits per heavy atom. The van der Waals surface area contributed by atoms with Gasteiger partial charge in [-0.3, -0.25) is 4.79 Å². The van der Waals surface area contributed by atoms with Crippen LogP contribution in [0, 0.1) is 5.82 Å². The first-order valence-corrected chi connectivity index (χ1v) is 8.49. The predicted molar refractivity (Wildman–Crippen MR) is 97.6 cm³/mol. The molecule has 1 unspecified atom stereocenters. The highest BCUT2D eigenvalue weighted by atomic mass is 32.2. The largest absolute Gasteiger partial charge is 0.496 e. The van der Waals surface area contributed by atoms with E-state index in [2.05, 4.69) is 15.5 Å². The van der Waals surface area contributed by atoms with Gasteiger partial charge in [-0.2, -0.15) is 5.10 Å². The zero-order valence-corrected chi connectivity index (χ0v) is 14.3. The van der Waals surface area contributed by atoms with Crippen LogP contribution in [0.4, 0.5) is 4.39 Å². The zero-order chi connectivity index (χ0) is 17.6. The number of rotatable bonds is 5. The van der Waals surface area contributed by atoms with Gasteiger partial charge < -0.3 is 10.1 Å². The Labute approximate surface area is 149 Å². The van der Waals surface area contributed by atoms with E-state index in [0.717, 1.165) is 11.1 Å². The molecule has 0 aromatic heterocycles. The number of amidine groups is 1. The van der Waals surface area contributed by atoms with E-state index in [4.69, 9.17) is 4.74 Å². The number of nitrogens with one attached hydrogen (secondary N) is 1. The van der Waals surface area contributed by atoms with Gasteiger partial charge in [-0.05, 0) is 36.2 Å². The summed E-state index contributed by atoms with van der Waals surface area (Å²) >= 11 is 1.31. The van der Waals surface area contributed by atoms with E-state index >= 15 is 0 Å². The number of ether oxygens (including phenoxy) is 1. The van der Waals surface area contributed by atoms with Crippen molar-refractivity contribution in [3.8, 4) is 5.75 Å². The number of benzene rings is 2. The molecule has 5 nitrogen and oxygen atoms in total. The van der Waals surface area contributed by atoms with Gasteiger partial charge in [-0.15, -0.1) is 5.10 Å². The Kier molecular flexibility index (Phi) is 5.45. The van der Waals surface area contributed by atoms with Crippen LogP contribution in [0.5, 0.6) is 5.75 Å². The van der Waals surface area contributed by atoms with E-state index < -0.39 is 0 Å². The maximum atomic E-state index is 12.9. The summed E-state index contributed by atoms with van der Waals surface area (Å²) in [5, 5.41) is 10.9. The maximum Gasteiger partial charge on any atom is 0.239 e. The molecule has 2 aromatic carbocycles. The van der Waals surface area contributed by atoms with E-state index in [-0.39, 0.29) is 17.0 Å². The van der Waals surface area contributed by atoms with Gasteiger partial charge in [0, 0.05) is 5.56 Å². The molecule has 0 bridgehead atoms. The Bertz CT molecular complexity index is 821. The molecule has 1 aliphatic rings. The molecule has 128 valence electrons. The van der Waals surface area contributed by atoms with E-state index in [0.29, 0.717) is 17.3 Å². The van der Waals surface area contributed by atoms with Crippen LogP contribution < -0.4 is 10.1 Å². The van der Waals surface area contributed by atoms with Crippen LogP contribution in [-0.4, -0.2) is 29.6 Å². The lowest BCUT2D eigenvalue weighted by Gasteiger charge is -2.04. The number of thioether (sulfide) groups is 1. The highest BCUT2D eigenvalue weighted by Gasteiger charge is 2.30. The van der Waals surface area contributed by atoms with Gasteiger partial charge in [-0.1, -0.05) is 36.0 Å². The molecule has 1 saturated heterocycles. The summed E-state index contributed by atoms with van der Waals surface area (Å²) in [6.45, 7) is 0. The molecule has 1 atom stereocenters. The summed E-state index contributed by atoms with van der Waals surface area (Å²) in [5.74, 6) is 0.282. The molecule has 25 heavy (non-hydrogen) atoms. The average molecular weight is 357 g/mol. The molecule has 7 heteroatoms. The van der Waals surface area contributed by atoms with Crippen molar-refractivity contribution in [3.63, 3.8) is 0 Å². The molecular weight excluding hydrogens is 341 g/mol. The van der Waals surface area contributed by atoms with Crippen LogP contribution in [-0.2, 0) is 11.2 Å². The number of amides is 1. The highest BCUT2D eigenvalue weighted by Crippen LogP contribution is 2.23. The monoisotopic (exact) mass is 357 g/mol. The van der Waals surface area contributed by atoms with E-state index in [9.17, 15) is 9.18 Å². The fourth-order valence-electron chi connectivity index (χ4n) is 2.34. The van der Waals surface area contributed by atoms with Crippen LogP contribution in [0.2, 0.25) is 0 Å². The summed E-state index contributed by atoms with van der Waals surface area (Å²) < 4.78 is 18.2. The Morgan fingerprint density at radius 1 is 1.24 bits per heavy atom. The third-order valence-electron chi connectivity index (χ3n) is 3.60. The van der Waals surface area contributed by atoms with Crippen molar-refractivity contribution in [2.75, 3.05) is 7.11 Å². The lowest BCUT2D eigenvalue weighted by Crippen LogP contribution is -2.25. The molecule has 0 spiro atoms. The van der Waals surface area contributed by atoms with Gasteiger partial charge in [0.2, 0.25) is 5.91 Å². The van der Waals surface area contributed by atoms with Crippen LogP contribution >= 0.6 is 11.8 Å². The van der Waals surface area contributed by atoms with Crippen molar-refractivity contribution in [1.29, 1.82) is 0 Å². The van der Waals surface area contributed by atoms with Crippen molar-refractivity contribution < 1.29 is 13.9 Å². The summed E-state index contributed by atoms with van der Waals surface area (Å²) in [5.41, 5.74) is 1.69. The summed E-state index contributed by atoms with van der Waals surface area (Å²) in [6, 6.07) is 13.6. The molecular formula is C18H16FN3O2S. The third kappa shape index (κ3) is 4.45. The number of carbonyl (C=O) groups is 1. The Hall–Kier alpha value is -2.67. The number of methoxy groups -OCH3 is 1. The standard InChI is InChI=1S/C18H16FN3O2S/c1-24-15-5-3-2-4-13(15)11-20-22-18-21-17(23)16(25-18)10-12-6-8-14(19)9-7-12/h2-9,11,16H,10H2,1H3,(H,21,22,23). The number of hydrogen-bond donors (Lipinski definition) is 1. The van der Waals surface area contributed by atoms with Crippen molar-refractivity contribution >= 4 is 29.1 Å². The van der Waals surface area contributed by atoms with Crippen LogP contribution in [0.25, 0.3) is 0 Å². The third-order valence-corrected chi connectivity index (χ3v) is 4.67. The molecule has 0 radical (unpaired) electrons. The van der Waals surface area contributed by atoms with Crippen LogP contribution in [0.3, 0.4) is 0 Å². The van der Waals surface area contributed by atoms with Crippen LogP contribution in [0.1, 0.15) is 11.1 Å². The molecule has 1 heterocycles. The molecule has 1 aliphatic heterocycles. The van der Waals surface area contributed by atoms with Gasteiger partial charge in [-0.25, -0.2) is 4.39 Å². The average Bonchev–Trinajstić information content (AvgIpc) is 2.97. The van der Waals surface area contributed by atoms with Crippen molar-refractivity contribution in [2.45, 2.75) is 11.7 Å². The first-order chi connectivity index (χ1) is 12.2. The minimum atomic E-state index is -0.300. The fraction of sp³-hybridized carbons (Fsp3) is 0.167. The fourth-order valence-corrected chi connectivity index (χ4v) is 3.30. The molecule has 2 aromatic rings. The smallest absolute Gasteiger partial charge is 0.239 e. The van der Waals surface area contributed by atoms with Crippen LogP contribution in [0.15, 0.2) is 58.7 Å². The Morgan fingerprint density at radius 2 is 2.00 bits per heavy atom. The second-order valence-electron chi connectivity index (χ2n) is 5.32. The number of nitrogens with zero attached hydrogens (tertiary/aromatic N) is 2. The van der Waals surface area contributed by atoms with Gasteiger partial charge in [0.25, 0.3) is 0 Å². The van der Waals surface area contributed by atoms with Crippen molar-refractivity contribution in [2.24, 2.45) is 10.2 Å². The first-order valence-electron chi connectivity index (χ1n) is 7.61. The second-order valence-corrected chi connectivity index (χ2v) is 6.51. The van der Waals surface area contributed by atoms with Gasteiger partial charge in [0.15, 0.2) is 5.17 Å². The number of halogens is 1. The zero-order valence-electron chi connectivity index (χ0n) is 13.5. The quantitative estimate of drug-likeness (QED) is 0.661. The molecule has 0 aliphatic carbocycles. The summed E-state index contributed by atoms with van der Waals surface area (Å²) in [4.78, 5) is 12.0. The van der Waals surface area contributed by atoms with E-state index in [1.165, 1.54) is 23.9 Å². The molecule has 3 rings (SSSR count). The molecule has 1 fully saturated rings. The van der Waals surface area contributed by atoms with Crippen molar-refractivity contribution in [3.05, 3.63) is 65.5 Å². The Balaban J connectivity index is 1.64. The minimum Gasteiger partial charge on any atom is -0.496 e. The lowest BCUT2D eigenvalue weighted by molar-refractivity contribution is -0.118. The number of para-hydroxylation sites is 1. The predicted octanol–water partition coefficient (Wildman–Crippen LogP) is 3.00.